The first-order valence-corrected chi connectivity index (χ1v) is 9.96. The van der Waals surface area contributed by atoms with Crippen molar-refractivity contribution in [2.75, 3.05) is 26.2 Å². The molecule has 0 aromatic heterocycles. The molecule has 2 aliphatic heterocycles. The molecule has 1 amide bonds. The Bertz CT molecular complexity index is 656. The molecule has 0 saturated carbocycles. The average Bonchev–Trinajstić information content (AvgIpc) is 3.14. The van der Waals surface area contributed by atoms with Crippen LogP contribution in [-0.2, 0) is 19.6 Å². The van der Waals surface area contributed by atoms with E-state index >= 15 is 0 Å². The third-order valence-electron chi connectivity index (χ3n) is 4.66. The summed E-state index contributed by atoms with van der Waals surface area (Å²) in [7, 11) is -3.53. The minimum absolute atomic E-state index is 0.0709. The van der Waals surface area contributed by atoms with E-state index in [1.807, 2.05) is 0 Å². The number of hydrogen-bond donors (Lipinski definition) is 1. The van der Waals surface area contributed by atoms with Gasteiger partial charge < -0.3 is 10.1 Å². The second-order valence-corrected chi connectivity index (χ2v) is 8.33. The number of hydrogen-bond acceptors (Lipinski definition) is 4. The summed E-state index contributed by atoms with van der Waals surface area (Å²) in [5, 5.41) is 2.92. The zero-order valence-corrected chi connectivity index (χ0v) is 14.5. The lowest BCUT2D eigenvalue weighted by Gasteiger charge is -2.31. The van der Waals surface area contributed by atoms with Crippen molar-refractivity contribution in [1.82, 2.24) is 9.62 Å². The molecule has 0 unspecified atom stereocenters. The number of ether oxygens (including phenoxy) is 1. The van der Waals surface area contributed by atoms with Crippen molar-refractivity contribution in [1.29, 1.82) is 0 Å². The van der Waals surface area contributed by atoms with Crippen molar-refractivity contribution in [2.24, 2.45) is 5.92 Å². The lowest BCUT2D eigenvalue weighted by Crippen LogP contribution is -2.46. The van der Waals surface area contributed by atoms with E-state index in [1.165, 1.54) is 4.31 Å². The Morgan fingerprint density at radius 2 is 2.00 bits per heavy atom. The minimum atomic E-state index is -3.53. The topological polar surface area (TPSA) is 75.7 Å². The highest BCUT2D eigenvalue weighted by molar-refractivity contribution is 7.89. The fraction of sp³-hybridized carbons (Fsp3) is 0.588. The van der Waals surface area contributed by atoms with Crippen LogP contribution in [0.2, 0.25) is 0 Å². The predicted octanol–water partition coefficient (Wildman–Crippen LogP) is 1.38. The van der Waals surface area contributed by atoms with Crippen LogP contribution in [0.25, 0.3) is 0 Å². The SMILES string of the molecule is O=C(NC[C@H]1CCCO1)[C@H]1CCCN(S(=O)(=O)c2ccccc2)C1. The Morgan fingerprint density at radius 3 is 2.71 bits per heavy atom. The summed E-state index contributed by atoms with van der Waals surface area (Å²) in [4.78, 5) is 12.7. The number of rotatable bonds is 5. The molecule has 132 valence electrons. The van der Waals surface area contributed by atoms with Crippen molar-refractivity contribution in [2.45, 2.75) is 36.7 Å². The van der Waals surface area contributed by atoms with Gasteiger partial charge in [-0.25, -0.2) is 8.42 Å². The van der Waals surface area contributed by atoms with Gasteiger partial charge in [-0.05, 0) is 37.8 Å². The van der Waals surface area contributed by atoms with Gasteiger partial charge in [0.1, 0.15) is 0 Å². The molecular weight excluding hydrogens is 328 g/mol. The average molecular weight is 352 g/mol. The molecule has 0 aliphatic carbocycles. The number of nitrogens with zero attached hydrogens (tertiary/aromatic N) is 1. The zero-order chi connectivity index (χ0) is 17.0. The molecule has 7 heteroatoms. The zero-order valence-electron chi connectivity index (χ0n) is 13.7. The molecule has 1 aromatic rings. The fourth-order valence-corrected chi connectivity index (χ4v) is 4.83. The van der Waals surface area contributed by atoms with Gasteiger partial charge >= 0.3 is 0 Å². The summed E-state index contributed by atoms with van der Waals surface area (Å²) in [6.45, 7) is 1.98. The van der Waals surface area contributed by atoms with Gasteiger partial charge in [-0.1, -0.05) is 18.2 Å². The minimum Gasteiger partial charge on any atom is -0.376 e. The van der Waals surface area contributed by atoms with Crippen LogP contribution in [0.4, 0.5) is 0 Å². The Balaban J connectivity index is 1.60. The van der Waals surface area contributed by atoms with Gasteiger partial charge in [0.2, 0.25) is 15.9 Å². The first-order valence-electron chi connectivity index (χ1n) is 8.52. The summed E-state index contributed by atoms with van der Waals surface area (Å²) in [5.41, 5.74) is 0. The highest BCUT2D eigenvalue weighted by Gasteiger charge is 2.33. The molecule has 3 rings (SSSR count). The molecule has 1 aromatic carbocycles. The van der Waals surface area contributed by atoms with Gasteiger partial charge in [0.25, 0.3) is 0 Å². The number of benzene rings is 1. The molecule has 2 atom stereocenters. The number of carbonyl (C=O) groups is 1. The Kier molecular flexibility index (Phi) is 5.53. The van der Waals surface area contributed by atoms with Gasteiger partial charge in [0.15, 0.2) is 0 Å². The van der Waals surface area contributed by atoms with Crippen LogP contribution in [0.1, 0.15) is 25.7 Å². The maximum absolute atomic E-state index is 12.7. The van der Waals surface area contributed by atoms with Crippen LogP contribution in [0, 0.1) is 5.92 Å². The molecule has 0 bridgehead atoms. The van der Waals surface area contributed by atoms with Gasteiger partial charge in [-0.2, -0.15) is 4.31 Å². The van der Waals surface area contributed by atoms with Crippen molar-refractivity contribution >= 4 is 15.9 Å². The van der Waals surface area contributed by atoms with Crippen LogP contribution < -0.4 is 5.32 Å². The van der Waals surface area contributed by atoms with E-state index in [9.17, 15) is 13.2 Å². The van der Waals surface area contributed by atoms with E-state index in [2.05, 4.69) is 5.32 Å². The summed E-state index contributed by atoms with van der Waals surface area (Å²) >= 11 is 0. The molecule has 0 radical (unpaired) electrons. The van der Waals surface area contributed by atoms with E-state index in [4.69, 9.17) is 4.74 Å². The van der Waals surface area contributed by atoms with Crippen LogP contribution in [0.15, 0.2) is 35.2 Å². The first-order chi connectivity index (χ1) is 11.6. The third kappa shape index (κ3) is 3.96. The van der Waals surface area contributed by atoms with Gasteiger partial charge in [0.05, 0.1) is 16.9 Å². The molecule has 2 fully saturated rings. The van der Waals surface area contributed by atoms with Crippen LogP contribution in [0.5, 0.6) is 0 Å². The van der Waals surface area contributed by atoms with E-state index in [-0.39, 0.29) is 29.4 Å². The van der Waals surface area contributed by atoms with Crippen molar-refractivity contribution < 1.29 is 17.9 Å². The molecule has 0 spiro atoms. The van der Waals surface area contributed by atoms with Crippen molar-refractivity contribution in [3.05, 3.63) is 30.3 Å². The lowest BCUT2D eigenvalue weighted by atomic mass is 9.99. The maximum Gasteiger partial charge on any atom is 0.243 e. The highest BCUT2D eigenvalue weighted by Crippen LogP contribution is 2.24. The number of amides is 1. The quantitative estimate of drug-likeness (QED) is 0.869. The van der Waals surface area contributed by atoms with E-state index in [1.54, 1.807) is 30.3 Å². The van der Waals surface area contributed by atoms with Crippen molar-refractivity contribution in [3.8, 4) is 0 Å². The second-order valence-electron chi connectivity index (χ2n) is 6.40. The Hall–Kier alpha value is -1.44. The van der Waals surface area contributed by atoms with Gasteiger partial charge in [-0.3, -0.25) is 4.79 Å². The standard InChI is InChI=1S/C17H24N2O4S/c20-17(18-12-15-7-5-11-23-15)14-6-4-10-19(13-14)24(21,22)16-8-2-1-3-9-16/h1-3,8-9,14-15H,4-7,10-13H2,(H,18,20)/t14-,15+/m0/s1. The molecule has 6 nitrogen and oxygen atoms in total. The number of sulfonamides is 1. The van der Waals surface area contributed by atoms with Crippen LogP contribution >= 0.6 is 0 Å². The largest absolute Gasteiger partial charge is 0.376 e. The first kappa shape index (κ1) is 17.4. The van der Waals surface area contributed by atoms with E-state index in [0.29, 0.717) is 19.5 Å². The Morgan fingerprint density at radius 1 is 1.21 bits per heavy atom. The lowest BCUT2D eigenvalue weighted by molar-refractivity contribution is -0.126. The normalized spacial score (nSPS) is 25.5. The molecule has 24 heavy (non-hydrogen) atoms. The van der Waals surface area contributed by atoms with Gasteiger partial charge in [0, 0.05) is 26.2 Å². The second kappa shape index (κ2) is 7.63. The number of piperidine rings is 1. The smallest absolute Gasteiger partial charge is 0.243 e. The monoisotopic (exact) mass is 352 g/mol. The fourth-order valence-electron chi connectivity index (χ4n) is 3.28. The molecule has 2 heterocycles. The summed E-state index contributed by atoms with van der Waals surface area (Å²) in [6.07, 6.45) is 3.52. The molecular formula is C17H24N2O4S. The summed E-state index contributed by atoms with van der Waals surface area (Å²) < 4.78 is 32.3. The Labute approximate surface area is 143 Å². The highest BCUT2D eigenvalue weighted by atomic mass is 32.2. The number of nitrogens with one attached hydrogen (secondary N) is 1. The predicted molar refractivity (Wildman–Crippen MR) is 89.9 cm³/mol. The van der Waals surface area contributed by atoms with E-state index < -0.39 is 10.0 Å². The van der Waals surface area contributed by atoms with E-state index in [0.717, 1.165) is 25.9 Å². The summed E-state index contributed by atoms with van der Waals surface area (Å²) in [5.74, 6) is -0.364. The van der Waals surface area contributed by atoms with Crippen molar-refractivity contribution in [3.63, 3.8) is 0 Å². The molecule has 2 saturated heterocycles. The molecule has 2 aliphatic rings. The van der Waals surface area contributed by atoms with Crippen LogP contribution in [-0.4, -0.2) is 51.0 Å². The molecule has 1 N–H and O–H groups in total. The van der Waals surface area contributed by atoms with Crippen LogP contribution in [0.3, 0.4) is 0 Å². The maximum atomic E-state index is 12.7. The van der Waals surface area contributed by atoms with Gasteiger partial charge in [-0.15, -0.1) is 0 Å². The number of carbonyl (C=O) groups excluding carboxylic acids is 1. The third-order valence-corrected chi connectivity index (χ3v) is 6.54. The summed E-state index contributed by atoms with van der Waals surface area (Å²) in [6, 6.07) is 8.40.